The minimum absolute atomic E-state index is 0.0519. The Kier molecular flexibility index (Phi) is 11.9. The molecule has 11 aromatic carbocycles. The van der Waals surface area contributed by atoms with Crippen LogP contribution in [0, 0.1) is 0 Å². The molecule has 0 radical (unpaired) electrons. The van der Waals surface area contributed by atoms with Gasteiger partial charge in [-0.05, 0) is 112 Å². The van der Waals surface area contributed by atoms with Gasteiger partial charge in [-0.3, -0.25) is 10.3 Å². The molecule has 0 amide bonds. The molecule has 1 aliphatic rings. The third-order valence-electron chi connectivity index (χ3n) is 13.7. The summed E-state index contributed by atoms with van der Waals surface area (Å²) >= 11 is 0. The van der Waals surface area contributed by atoms with Crippen LogP contribution in [0.5, 0.6) is 0 Å². The van der Waals surface area contributed by atoms with E-state index in [0.717, 1.165) is 22.4 Å². The molecule has 338 valence electrons. The lowest BCUT2D eigenvalue weighted by Crippen LogP contribution is -2.39. The average Bonchev–Trinajstić information content (AvgIpc) is 3.45. The van der Waals surface area contributed by atoms with Crippen LogP contribution < -0.4 is 10.6 Å². The lowest BCUT2D eigenvalue weighted by molar-refractivity contribution is 0.443. The van der Waals surface area contributed by atoms with E-state index in [4.69, 9.17) is 9.98 Å². The van der Waals surface area contributed by atoms with E-state index >= 15 is 0 Å². The number of fused-ring (bicyclic) bond motifs is 3. The number of aliphatic imine (C=N–C) groups is 2. The van der Waals surface area contributed by atoms with Crippen LogP contribution >= 0.6 is 0 Å². The van der Waals surface area contributed by atoms with Crippen LogP contribution in [0.15, 0.2) is 271 Å². The van der Waals surface area contributed by atoms with Crippen LogP contribution in [0.4, 0.5) is 0 Å². The van der Waals surface area contributed by atoms with Gasteiger partial charge >= 0.3 is 0 Å². The molecule has 11 aromatic rings. The third kappa shape index (κ3) is 9.20. The predicted octanol–water partition coefficient (Wildman–Crippen LogP) is 16.2. The number of nitrogens with zero attached hydrogens (tertiary/aromatic N) is 2. The standard InChI is InChI=1S/C67H50N4/c1-4-16-50(17-5-1)64-43-65(51-18-6-2-7-19-51)71-67(70-64)53-35-33-48(34-36-53)55-38-40-61-57(42-55)24-14-28-63(61)62-27-13-23-56-41-54(37-39-60(56)62)47-31-29-46(30-32-47)44-68-66(52-20-8-3-9-21-52)69-45-58-25-12-22-49-15-10-11-26-59(49)58/h1-44,64,67,70-71H,45H2/b68-44+,69-66-. The summed E-state index contributed by atoms with van der Waals surface area (Å²) in [6, 6.07) is 91.1. The molecule has 12 rings (SSSR count). The Balaban J connectivity index is 0.772. The van der Waals surface area contributed by atoms with Crippen LogP contribution in [0.3, 0.4) is 0 Å². The van der Waals surface area contributed by atoms with Crippen LogP contribution in [0.2, 0.25) is 0 Å². The van der Waals surface area contributed by atoms with E-state index in [0.29, 0.717) is 12.4 Å². The maximum atomic E-state index is 5.03. The fourth-order valence-corrected chi connectivity index (χ4v) is 10.0. The van der Waals surface area contributed by atoms with Crippen molar-refractivity contribution in [3.63, 3.8) is 0 Å². The maximum Gasteiger partial charge on any atom is 0.154 e. The van der Waals surface area contributed by atoms with E-state index in [2.05, 4.69) is 253 Å². The number of benzene rings is 11. The van der Waals surface area contributed by atoms with Gasteiger partial charge in [-0.1, -0.05) is 243 Å². The molecule has 0 spiro atoms. The molecule has 0 saturated heterocycles. The van der Waals surface area contributed by atoms with E-state index in [1.165, 1.54) is 82.4 Å². The van der Waals surface area contributed by atoms with Crippen molar-refractivity contribution in [1.82, 2.24) is 10.6 Å². The van der Waals surface area contributed by atoms with Crippen LogP contribution in [0.25, 0.3) is 71.4 Å². The summed E-state index contributed by atoms with van der Waals surface area (Å²) in [4.78, 5) is 9.97. The van der Waals surface area contributed by atoms with E-state index < -0.39 is 0 Å². The molecule has 0 bridgehead atoms. The smallest absolute Gasteiger partial charge is 0.154 e. The largest absolute Gasteiger partial charge is 0.366 e. The zero-order valence-corrected chi connectivity index (χ0v) is 39.2. The first kappa shape index (κ1) is 43.3. The second kappa shape index (κ2) is 19.6. The van der Waals surface area contributed by atoms with Gasteiger partial charge in [0.2, 0.25) is 0 Å². The Morgan fingerprint density at radius 3 is 1.65 bits per heavy atom. The molecule has 1 aliphatic heterocycles. The summed E-state index contributed by atoms with van der Waals surface area (Å²) in [5, 5.41) is 14.9. The molecule has 1 heterocycles. The van der Waals surface area contributed by atoms with Crippen molar-refractivity contribution in [2.24, 2.45) is 9.98 Å². The Hall–Kier alpha value is -8.96. The van der Waals surface area contributed by atoms with Crippen molar-refractivity contribution < 1.29 is 0 Å². The molecule has 4 heteroatoms. The first-order valence-electron chi connectivity index (χ1n) is 24.4. The molecule has 4 nitrogen and oxygen atoms in total. The van der Waals surface area contributed by atoms with Crippen LogP contribution in [0.1, 0.15) is 45.6 Å². The summed E-state index contributed by atoms with van der Waals surface area (Å²) in [7, 11) is 0. The highest BCUT2D eigenvalue weighted by Crippen LogP contribution is 2.38. The number of hydrogen-bond donors (Lipinski definition) is 2. The highest BCUT2D eigenvalue weighted by molar-refractivity contribution is 6.07. The number of hydrogen-bond acceptors (Lipinski definition) is 3. The topological polar surface area (TPSA) is 48.8 Å². The Morgan fingerprint density at radius 2 is 0.972 bits per heavy atom. The van der Waals surface area contributed by atoms with Gasteiger partial charge in [-0.25, -0.2) is 4.99 Å². The average molecular weight is 911 g/mol. The van der Waals surface area contributed by atoms with Crippen molar-refractivity contribution in [2.75, 3.05) is 0 Å². The zero-order valence-electron chi connectivity index (χ0n) is 39.2. The Bertz CT molecular complexity index is 3760. The van der Waals surface area contributed by atoms with Gasteiger partial charge in [-0.15, -0.1) is 0 Å². The quantitative estimate of drug-likeness (QED) is 0.106. The summed E-state index contributed by atoms with van der Waals surface area (Å²) in [6.45, 7) is 0.547. The van der Waals surface area contributed by atoms with Crippen LogP contribution in [-0.2, 0) is 6.54 Å². The minimum Gasteiger partial charge on any atom is -0.366 e. The first-order valence-corrected chi connectivity index (χ1v) is 24.4. The molecule has 0 aliphatic carbocycles. The Morgan fingerprint density at radius 1 is 0.423 bits per heavy atom. The van der Waals surface area contributed by atoms with Crippen molar-refractivity contribution in [1.29, 1.82) is 0 Å². The maximum absolute atomic E-state index is 5.03. The van der Waals surface area contributed by atoms with Crippen molar-refractivity contribution in [3.8, 4) is 33.4 Å². The highest BCUT2D eigenvalue weighted by atomic mass is 15.2. The molecule has 0 saturated carbocycles. The normalized spacial score (nSPS) is 15.0. The van der Waals surface area contributed by atoms with E-state index in [9.17, 15) is 0 Å². The van der Waals surface area contributed by atoms with Crippen molar-refractivity contribution in [3.05, 3.63) is 294 Å². The molecule has 2 unspecified atom stereocenters. The highest BCUT2D eigenvalue weighted by Gasteiger charge is 2.24. The summed E-state index contributed by atoms with van der Waals surface area (Å²) in [5.41, 5.74) is 15.1. The fourth-order valence-electron chi connectivity index (χ4n) is 10.0. The minimum atomic E-state index is -0.0519. The number of amidine groups is 1. The zero-order chi connectivity index (χ0) is 47.3. The summed E-state index contributed by atoms with van der Waals surface area (Å²) in [5.74, 6) is 0.712. The van der Waals surface area contributed by atoms with E-state index in [1.54, 1.807) is 0 Å². The molecule has 71 heavy (non-hydrogen) atoms. The predicted molar refractivity (Wildman–Crippen MR) is 299 cm³/mol. The lowest BCUT2D eigenvalue weighted by Gasteiger charge is -2.33. The van der Waals surface area contributed by atoms with Gasteiger partial charge in [-0.2, -0.15) is 0 Å². The SMILES string of the molecule is C1=C(c2ccccc2)NC(c2ccc(-c3ccc4c(-c5cccc6cc(-c7ccc(/C=N/C(=N\Cc8cccc9ccccc89)c8ccccc8)cc7)ccc56)cccc4c3)cc2)NC1c1ccccc1. The van der Waals surface area contributed by atoms with Gasteiger partial charge in [0.05, 0.1) is 12.6 Å². The molecular weight excluding hydrogens is 861 g/mol. The third-order valence-corrected chi connectivity index (χ3v) is 13.7. The summed E-state index contributed by atoms with van der Waals surface area (Å²) < 4.78 is 0. The molecule has 2 atom stereocenters. The monoisotopic (exact) mass is 910 g/mol. The molecular formula is C67H50N4. The second-order valence-corrected chi connectivity index (χ2v) is 18.2. The van der Waals surface area contributed by atoms with Gasteiger partial charge in [0.25, 0.3) is 0 Å². The molecule has 2 N–H and O–H groups in total. The molecule has 0 fully saturated rings. The lowest BCUT2D eigenvalue weighted by atomic mass is 9.91. The second-order valence-electron chi connectivity index (χ2n) is 18.2. The fraction of sp³-hybridized carbons (Fsp3) is 0.0448. The van der Waals surface area contributed by atoms with Crippen LogP contribution in [-0.4, -0.2) is 12.1 Å². The van der Waals surface area contributed by atoms with E-state index in [-0.39, 0.29) is 12.2 Å². The van der Waals surface area contributed by atoms with Gasteiger partial charge in [0.1, 0.15) is 6.17 Å². The van der Waals surface area contributed by atoms with Crippen molar-refractivity contribution in [2.45, 2.75) is 18.8 Å². The van der Waals surface area contributed by atoms with Gasteiger partial charge in [0.15, 0.2) is 5.84 Å². The Labute approximate surface area is 415 Å². The van der Waals surface area contributed by atoms with Crippen molar-refractivity contribution >= 4 is 50.1 Å². The van der Waals surface area contributed by atoms with E-state index in [1.807, 2.05) is 24.4 Å². The number of rotatable bonds is 10. The number of nitrogens with one attached hydrogen (secondary N) is 2. The first-order chi connectivity index (χ1) is 35.2. The molecule has 0 aromatic heterocycles. The van der Waals surface area contributed by atoms with Gasteiger partial charge in [0, 0.05) is 17.5 Å². The summed E-state index contributed by atoms with van der Waals surface area (Å²) in [6.07, 6.45) is 4.16. The van der Waals surface area contributed by atoms with Gasteiger partial charge < -0.3 is 5.32 Å².